The fraction of sp³-hybridized carbons (Fsp3) is 0.280. The Morgan fingerprint density at radius 2 is 1.60 bits per heavy atom. The predicted molar refractivity (Wildman–Crippen MR) is 126 cm³/mol. The molecular formula is C25H23FN2O6S. The standard InChI is InChI=1S/C25H23FN2O6S/c1-24(15-32-19(30)16-9-5-3-6-10-16)21(33-20(31)17-11-7-4-8-12-17)25(2,26)22(34-24)28-14-13-18(29)27-23(28)35/h3-14,21-22H,15H2,1-2H3,(H,27,29,35)/t21?,22-,24?,25?/m1/s1. The summed E-state index contributed by atoms with van der Waals surface area (Å²) in [7, 11) is 0. The Labute approximate surface area is 205 Å². The number of benzene rings is 2. The molecule has 2 heterocycles. The summed E-state index contributed by atoms with van der Waals surface area (Å²) in [5.74, 6) is -1.41. The summed E-state index contributed by atoms with van der Waals surface area (Å²) in [6.45, 7) is 2.28. The van der Waals surface area contributed by atoms with Gasteiger partial charge in [-0.1, -0.05) is 36.4 Å². The van der Waals surface area contributed by atoms with E-state index in [2.05, 4.69) is 4.98 Å². The van der Waals surface area contributed by atoms with Gasteiger partial charge in [-0.15, -0.1) is 0 Å². The molecule has 3 aromatic rings. The summed E-state index contributed by atoms with van der Waals surface area (Å²) in [4.78, 5) is 39.5. The zero-order valence-corrected chi connectivity index (χ0v) is 19.8. The summed E-state index contributed by atoms with van der Waals surface area (Å²) < 4.78 is 34.7. The first-order valence-electron chi connectivity index (χ1n) is 10.8. The van der Waals surface area contributed by atoms with E-state index in [1.54, 1.807) is 48.5 Å². The minimum absolute atomic E-state index is 0.0787. The van der Waals surface area contributed by atoms with Crippen molar-refractivity contribution in [2.75, 3.05) is 6.61 Å². The van der Waals surface area contributed by atoms with Crippen LogP contribution in [-0.2, 0) is 14.2 Å². The summed E-state index contributed by atoms with van der Waals surface area (Å²) in [6.07, 6.45) is -1.59. The number of nitrogens with zero attached hydrogens (tertiary/aromatic N) is 1. The molecule has 10 heteroatoms. The highest BCUT2D eigenvalue weighted by atomic mass is 32.1. The Morgan fingerprint density at radius 1 is 1.03 bits per heavy atom. The van der Waals surface area contributed by atoms with Crippen molar-refractivity contribution in [3.8, 4) is 0 Å². The van der Waals surface area contributed by atoms with Crippen LogP contribution in [0.3, 0.4) is 0 Å². The summed E-state index contributed by atoms with van der Waals surface area (Å²) >= 11 is 5.19. The van der Waals surface area contributed by atoms with Crippen LogP contribution < -0.4 is 5.56 Å². The molecule has 3 unspecified atom stereocenters. The van der Waals surface area contributed by atoms with Crippen LogP contribution in [0.5, 0.6) is 0 Å². The van der Waals surface area contributed by atoms with E-state index < -0.39 is 47.7 Å². The zero-order chi connectivity index (χ0) is 25.2. The number of aromatic amines is 1. The van der Waals surface area contributed by atoms with E-state index >= 15 is 4.39 Å². The van der Waals surface area contributed by atoms with Crippen LogP contribution in [-0.4, -0.2) is 45.5 Å². The Hall–Kier alpha value is -3.63. The molecule has 1 fully saturated rings. The molecule has 0 radical (unpaired) electrons. The van der Waals surface area contributed by atoms with Crippen molar-refractivity contribution < 1.29 is 28.2 Å². The molecule has 0 spiro atoms. The molecule has 4 atom stereocenters. The monoisotopic (exact) mass is 498 g/mol. The Balaban J connectivity index is 1.68. The third-order valence-corrected chi connectivity index (χ3v) is 6.08. The highest BCUT2D eigenvalue weighted by Gasteiger charge is 2.64. The first-order valence-corrected chi connectivity index (χ1v) is 11.2. The first-order chi connectivity index (χ1) is 16.6. The average molecular weight is 499 g/mol. The number of carbonyl (C=O) groups excluding carboxylic acids is 2. The van der Waals surface area contributed by atoms with Gasteiger partial charge in [-0.25, -0.2) is 14.0 Å². The lowest BCUT2D eigenvalue weighted by molar-refractivity contribution is -0.122. The first kappa shape index (κ1) is 24.5. The minimum Gasteiger partial charge on any atom is -0.459 e. The van der Waals surface area contributed by atoms with Gasteiger partial charge >= 0.3 is 11.9 Å². The maximum atomic E-state index is 16.4. The van der Waals surface area contributed by atoms with Crippen molar-refractivity contribution in [3.05, 3.63) is 99.2 Å². The number of nitrogens with one attached hydrogen (secondary N) is 1. The third kappa shape index (κ3) is 4.94. The van der Waals surface area contributed by atoms with E-state index in [-0.39, 0.29) is 10.3 Å². The van der Waals surface area contributed by atoms with Crippen molar-refractivity contribution in [2.24, 2.45) is 0 Å². The molecule has 0 aliphatic carbocycles. The number of carbonyl (C=O) groups is 2. The molecule has 1 saturated heterocycles. The highest BCUT2D eigenvalue weighted by molar-refractivity contribution is 7.71. The Bertz CT molecular complexity index is 1340. The molecule has 1 aliphatic heterocycles. The van der Waals surface area contributed by atoms with Gasteiger partial charge in [0.05, 0.1) is 11.1 Å². The lowest BCUT2D eigenvalue weighted by Gasteiger charge is -2.32. The van der Waals surface area contributed by atoms with E-state index in [9.17, 15) is 14.4 Å². The van der Waals surface area contributed by atoms with E-state index in [4.69, 9.17) is 26.4 Å². The normalized spacial score (nSPS) is 25.7. The minimum atomic E-state index is -2.32. The van der Waals surface area contributed by atoms with Gasteiger partial charge in [0.15, 0.2) is 22.8 Å². The lowest BCUT2D eigenvalue weighted by atomic mass is 9.90. The molecule has 4 rings (SSSR count). The van der Waals surface area contributed by atoms with Gasteiger partial charge in [0.25, 0.3) is 5.56 Å². The third-order valence-electron chi connectivity index (χ3n) is 5.77. The van der Waals surface area contributed by atoms with Crippen molar-refractivity contribution >= 4 is 24.2 Å². The van der Waals surface area contributed by atoms with E-state index in [1.807, 2.05) is 0 Å². The molecule has 1 N–H and O–H groups in total. The number of aromatic nitrogens is 2. The molecule has 0 saturated carbocycles. The fourth-order valence-electron chi connectivity index (χ4n) is 4.06. The van der Waals surface area contributed by atoms with Gasteiger partial charge in [0, 0.05) is 12.3 Å². The molecule has 1 aliphatic rings. The molecule has 35 heavy (non-hydrogen) atoms. The van der Waals surface area contributed by atoms with E-state index in [0.717, 1.165) is 0 Å². The van der Waals surface area contributed by atoms with E-state index in [0.29, 0.717) is 5.56 Å². The van der Waals surface area contributed by atoms with Gasteiger partial charge < -0.3 is 14.2 Å². The van der Waals surface area contributed by atoms with Gasteiger partial charge in [0.1, 0.15) is 12.2 Å². The molecular weight excluding hydrogens is 475 g/mol. The van der Waals surface area contributed by atoms with Crippen molar-refractivity contribution in [1.82, 2.24) is 9.55 Å². The van der Waals surface area contributed by atoms with Crippen LogP contribution >= 0.6 is 12.2 Å². The highest BCUT2D eigenvalue weighted by Crippen LogP contribution is 2.48. The van der Waals surface area contributed by atoms with Gasteiger partial charge in [0.2, 0.25) is 0 Å². The predicted octanol–water partition coefficient (Wildman–Crippen LogP) is 4.00. The fourth-order valence-corrected chi connectivity index (χ4v) is 4.32. The van der Waals surface area contributed by atoms with Crippen LogP contribution in [0.2, 0.25) is 0 Å². The smallest absolute Gasteiger partial charge is 0.338 e. The van der Waals surface area contributed by atoms with Crippen molar-refractivity contribution in [2.45, 2.75) is 37.4 Å². The second-order valence-electron chi connectivity index (χ2n) is 8.55. The molecule has 1 aromatic heterocycles. The molecule has 2 aromatic carbocycles. The van der Waals surface area contributed by atoms with Gasteiger partial charge in [-0.2, -0.15) is 0 Å². The number of esters is 2. The number of hydrogen-bond acceptors (Lipinski definition) is 7. The molecule has 0 bridgehead atoms. The van der Waals surface area contributed by atoms with Gasteiger partial charge in [-0.05, 0) is 50.3 Å². The Kier molecular flexibility index (Phi) is 6.68. The topological polar surface area (TPSA) is 99.6 Å². The maximum absolute atomic E-state index is 16.4. The second-order valence-corrected chi connectivity index (χ2v) is 8.93. The summed E-state index contributed by atoms with van der Waals surface area (Å²) in [5, 5.41) is 0. The number of hydrogen-bond donors (Lipinski definition) is 1. The average Bonchev–Trinajstić information content (AvgIpc) is 3.04. The zero-order valence-electron chi connectivity index (χ0n) is 19.0. The SMILES string of the molecule is CC1(COC(=O)c2ccccc2)O[C@@H](n2ccc(=O)[nH]c2=S)C(C)(F)C1OC(=O)c1ccccc1. The van der Waals surface area contributed by atoms with Crippen LogP contribution in [0, 0.1) is 4.77 Å². The quantitative estimate of drug-likeness (QED) is 0.405. The van der Waals surface area contributed by atoms with Crippen LogP contribution in [0.25, 0.3) is 0 Å². The van der Waals surface area contributed by atoms with Crippen LogP contribution in [0.15, 0.2) is 77.7 Å². The van der Waals surface area contributed by atoms with Crippen LogP contribution in [0.1, 0.15) is 40.8 Å². The van der Waals surface area contributed by atoms with Crippen LogP contribution in [0.4, 0.5) is 4.39 Å². The van der Waals surface area contributed by atoms with Gasteiger partial charge in [-0.3, -0.25) is 14.3 Å². The molecule has 182 valence electrons. The number of H-pyrrole nitrogens is 1. The largest absolute Gasteiger partial charge is 0.459 e. The van der Waals surface area contributed by atoms with Crippen molar-refractivity contribution in [1.29, 1.82) is 0 Å². The van der Waals surface area contributed by atoms with E-state index in [1.165, 1.54) is 42.8 Å². The maximum Gasteiger partial charge on any atom is 0.338 e. The number of rotatable bonds is 6. The molecule has 0 amide bonds. The second kappa shape index (κ2) is 9.55. The molecule has 8 nitrogen and oxygen atoms in total. The van der Waals surface area contributed by atoms with Crippen molar-refractivity contribution in [3.63, 3.8) is 0 Å². The number of halogens is 1. The number of alkyl halides is 1. The summed E-state index contributed by atoms with van der Waals surface area (Å²) in [5.41, 5.74) is -3.86. The lowest BCUT2D eigenvalue weighted by Crippen LogP contribution is -2.51. The summed E-state index contributed by atoms with van der Waals surface area (Å²) in [6, 6.07) is 17.6. The Morgan fingerprint density at radius 3 is 2.17 bits per heavy atom. The number of ether oxygens (including phenoxy) is 3.